The first-order chi connectivity index (χ1) is 20.9. The average molecular weight is 595 g/mol. The number of halogens is 1. The van der Waals surface area contributed by atoms with Crippen LogP contribution in [0.3, 0.4) is 0 Å². The Balaban J connectivity index is 1.37. The van der Waals surface area contributed by atoms with Crippen LogP contribution < -0.4 is 4.74 Å². The van der Waals surface area contributed by atoms with Crippen LogP contribution in [0, 0.1) is 5.82 Å². The molecule has 5 aromatic rings. The van der Waals surface area contributed by atoms with Crippen molar-refractivity contribution in [2.45, 2.75) is 38.5 Å². The topological polar surface area (TPSA) is 69.9 Å². The van der Waals surface area contributed by atoms with Gasteiger partial charge in [-0.1, -0.05) is 41.6 Å². The summed E-state index contributed by atoms with van der Waals surface area (Å²) in [6.07, 6.45) is 2.29. The Morgan fingerprint density at radius 3 is 2.30 bits per heavy atom. The first-order valence-corrected chi connectivity index (χ1v) is 15.4. The number of ketones is 1. The summed E-state index contributed by atoms with van der Waals surface area (Å²) in [6, 6.07) is 25.4. The zero-order chi connectivity index (χ0) is 29.9. The van der Waals surface area contributed by atoms with Crippen LogP contribution in [0.4, 0.5) is 4.39 Å². The van der Waals surface area contributed by atoms with E-state index in [0.29, 0.717) is 28.9 Å². The number of ether oxygens (including phenoxy) is 1. The lowest BCUT2D eigenvalue weighted by atomic mass is 9.98. The molecule has 1 atom stereocenters. The molecule has 1 aromatic heterocycles. The summed E-state index contributed by atoms with van der Waals surface area (Å²) in [7, 11) is 0. The molecule has 43 heavy (non-hydrogen) atoms. The molecule has 6 nitrogen and oxygen atoms in total. The van der Waals surface area contributed by atoms with Crippen LogP contribution in [0.15, 0.2) is 90.1 Å². The van der Waals surface area contributed by atoms with Crippen molar-refractivity contribution in [3.8, 4) is 5.75 Å². The minimum absolute atomic E-state index is 0.00161. The Hall–Kier alpha value is -4.43. The first kappa shape index (κ1) is 28.7. The van der Waals surface area contributed by atoms with E-state index in [1.807, 2.05) is 72.4 Å². The standard InChI is InChI=1S/C35H31FN2O4S/c1-3-38-32-15-11-24(34(37-42-22(2)39)23-8-5-4-6-9-23)18-29(32)30-19-25(12-16-33(30)38)35(40)28-14-13-26(20-31(28)36)41-21-27-10-7-17-43-27/h4-6,8-9,11-16,18-20,27H,3,7,10,17,21H2,1-2H3/b37-34+. The van der Waals surface area contributed by atoms with Gasteiger partial charge in [0.15, 0.2) is 5.78 Å². The summed E-state index contributed by atoms with van der Waals surface area (Å²) in [6.45, 7) is 4.62. The number of nitrogens with zero attached hydrogens (tertiary/aromatic N) is 2. The summed E-state index contributed by atoms with van der Waals surface area (Å²) in [5, 5.41) is 6.36. The third-order valence-electron chi connectivity index (χ3n) is 7.67. The highest BCUT2D eigenvalue weighted by atomic mass is 32.2. The minimum Gasteiger partial charge on any atom is -0.492 e. The maximum Gasteiger partial charge on any atom is 0.332 e. The Kier molecular flexibility index (Phi) is 8.29. The number of hydrogen-bond donors (Lipinski definition) is 0. The van der Waals surface area contributed by atoms with Crippen molar-refractivity contribution in [3.63, 3.8) is 0 Å². The van der Waals surface area contributed by atoms with E-state index in [9.17, 15) is 9.59 Å². The zero-order valence-corrected chi connectivity index (χ0v) is 24.8. The quantitative estimate of drug-likeness (QED) is 0.0755. The molecule has 0 aliphatic carbocycles. The van der Waals surface area contributed by atoms with Crippen LogP contribution in [0.2, 0.25) is 0 Å². The van der Waals surface area contributed by atoms with Gasteiger partial charge in [-0.3, -0.25) is 4.79 Å². The second-order valence-corrected chi connectivity index (χ2v) is 11.9. The van der Waals surface area contributed by atoms with Crippen molar-refractivity contribution < 1.29 is 23.6 Å². The lowest BCUT2D eigenvalue weighted by Gasteiger charge is -2.12. The molecule has 1 unspecified atom stereocenters. The molecule has 0 spiro atoms. The molecule has 0 radical (unpaired) electrons. The molecule has 0 amide bonds. The highest BCUT2D eigenvalue weighted by Gasteiger charge is 2.20. The van der Waals surface area contributed by atoms with E-state index in [-0.39, 0.29) is 5.56 Å². The van der Waals surface area contributed by atoms with E-state index in [4.69, 9.17) is 9.57 Å². The largest absolute Gasteiger partial charge is 0.492 e. The van der Waals surface area contributed by atoms with Crippen molar-refractivity contribution in [2.75, 3.05) is 12.4 Å². The SMILES string of the molecule is CCn1c2ccc(C(=O)c3ccc(OCC4CCCS4)cc3F)cc2c2cc(/C(=N/OC(C)=O)c3ccccc3)ccc21. The molecule has 1 aliphatic heterocycles. The van der Waals surface area contributed by atoms with Gasteiger partial charge >= 0.3 is 5.97 Å². The molecule has 1 saturated heterocycles. The number of benzene rings is 4. The van der Waals surface area contributed by atoms with Gasteiger partial charge in [0, 0.05) is 63.3 Å². The Morgan fingerprint density at radius 1 is 0.930 bits per heavy atom. The second kappa shape index (κ2) is 12.4. The molecule has 0 N–H and O–H groups in total. The normalized spacial score (nSPS) is 15.2. The number of thioether (sulfide) groups is 1. The van der Waals surface area contributed by atoms with E-state index < -0.39 is 17.6 Å². The number of oxime groups is 1. The highest BCUT2D eigenvalue weighted by molar-refractivity contribution is 8.00. The average Bonchev–Trinajstić information content (AvgIpc) is 3.66. The number of carbonyl (C=O) groups excluding carboxylic acids is 2. The van der Waals surface area contributed by atoms with E-state index >= 15 is 4.39 Å². The van der Waals surface area contributed by atoms with Gasteiger partial charge in [-0.2, -0.15) is 11.8 Å². The molecule has 6 rings (SSSR count). The molecular weight excluding hydrogens is 563 g/mol. The number of aryl methyl sites for hydroxylation is 1. The summed E-state index contributed by atoms with van der Waals surface area (Å²) >= 11 is 1.88. The number of fused-ring (bicyclic) bond motifs is 3. The predicted molar refractivity (Wildman–Crippen MR) is 170 cm³/mol. The molecule has 1 aliphatic rings. The molecule has 0 bridgehead atoms. The fourth-order valence-corrected chi connectivity index (χ4v) is 6.77. The van der Waals surface area contributed by atoms with Crippen LogP contribution in [-0.4, -0.2) is 39.6 Å². The third-order valence-corrected chi connectivity index (χ3v) is 9.04. The van der Waals surface area contributed by atoms with E-state index in [1.54, 1.807) is 12.1 Å². The zero-order valence-electron chi connectivity index (χ0n) is 24.0. The van der Waals surface area contributed by atoms with Gasteiger partial charge in [0.05, 0.1) is 5.56 Å². The van der Waals surface area contributed by atoms with Crippen LogP contribution in [0.1, 0.15) is 53.7 Å². The van der Waals surface area contributed by atoms with Crippen molar-refractivity contribution >= 4 is 51.0 Å². The molecule has 1 fully saturated rings. The molecule has 0 saturated carbocycles. The van der Waals surface area contributed by atoms with Gasteiger partial charge in [-0.25, -0.2) is 9.18 Å². The third kappa shape index (κ3) is 5.92. The summed E-state index contributed by atoms with van der Waals surface area (Å²) in [5.74, 6) is 0.0514. The highest BCUT2D eigenvalue weighted by Crippen LogP contribution is 2.33. The molecule has 4 aromatic carbocycles. The van der Waals surface area contributed by atoms with Crippen molar-refractivity contribution in [1.82, 2.24) is 4.57 Å². The van der Waals surface area contributed by atoms with Crippen LogP contribution in [0.5, 0.6) is 5.75 Å². The molecule has 218 valence electrons. The number of rotatable bonds is 9. The van der Waals surface area contributed by atoms with Gasteiger partial charge in [-0.05, 0) is 68.0 Å². The van der Waals surface area contributed by atoms with E-state index in [1.165, 1.54) is 25.5 Å². The minimum atomic E-state index is -0.603. The van der Waals surface area contributed by atoms with Gasteiger partial charge in [0.2, 0.25) is 0 Å². The second-order valence-electron chi connectivity index (χ2n) is 10.5. The lowest BCUT2D eigenvalue weighted by molar-refractivity contribution is -0.140. The molecule has 8 heteroatoms. The lowest BCUT2D eigenvalue weighted by Crippen LogP contribution is -2.11. The van der Waals surface area contributed by atoms with Gasteiger partial charge in [0.1, 0.15) is 23.9 Å². The van der Waals surface area contributed by atoms with Crippen LogP contribution in [0.25, 0.3) is 21.8 Å². The molecular formula is C35H31FN2O4S. The van der Waals surface area contributed by atoms with Crippen molar-refractivity contribution in [3.05, 3.63) is 113 Å². The van der Waals surface area contributed by atoms with Crippen LogP contribution in [-0.2, 0) is 16.2 Å². The fourth-order valence-electron chi connectivity index (χ4n) is 5.60. The van der Waals surface area contributed by atoms with Gasteiger partial charge in [-0.15, -0.1) is 0 Å². The summed E-state index contributed by atoms with van der Waals surface area (Å²) in [4.78, 5) is 30.2. The molecule has 2 heterocycles. The number of hydrogen-bond acceptors (Lipinski definition) is 6. The Labute approximate surface area is 253 Å². The smallest absolute Gasteiger partial charge is 0.332 e. The monoisotopic (exact) mass is 594 g/mol. The Morgan fingerprint density at radius 2 is 1.65 bits per heavy atom. The van der Waals surface area contributed by atoms with Crippen molar-refractivity contribution in [1.29, 1.82) is 0 Å². The van der Waals surface area contributed by atoms with E-state index in [0.717, 1.165) is 51.7 Å². The maximum atomic E-state index is 15.2. The number of aromatic nitrogens is 1. The predicted octanol–water partition coefficient (Wildman–Crippen LogP) is 7.77. The summed E-state index contributed by atoms with van der Waals surface area (Å²) < 4.78 is 23.2. The van der Waals surface area contributed by atoms with Crippen molar-refractivity contribution in [2.24, 2.45) is 5.16 Å². The van der Waals surface area contributed by atoms with Gasteiger partial charge < -0.3 is 14.1 Å². The fraction of sp³-hybridized carbons (Fsp3) is 0.229. The summed E-state index contributed by atoms with van der Waals surface area (Å²) in [5.41, 5.74) is 4.39. The van der Waals surface area contributed by atoms with E-state index in [2.05, 4.69) is 16.6 Å². The Bertz CT molecular complexity index is 1860. The number of carbonyl (C=O) groups is 2. The maximum absolute atomic E-state index is 15.2. The van der Waals surface area contributed by atoms with Gasteiger partial charge in [0.25, 0.3) is 0 Å². The first-order valence-electron chi connectivity index (χ1n) is 14.4. The van der Waals surface area contributed by atoms with Crippen LogP contribution >= 0.6 is 11.8 Å².